The van der Waals surface area contributed by atoms with Crippen molar-refractivity contribution in [1.29, 1.82) is 0 Å². The zero-order valence-corrected chi connectivity index (χ0v) is 15.8. The van der Waals surface area contributed by atoms with Crippen molar-refractivity contribution >= 4 is 30.2 Å². The summed E-state index contributed by atoms with van der Waals surface area (Å²) in [6.07, 6.45) is 0.403. The molecule has 6 nitrogen and oxygen atoms in total. The Hall–Kier alpha value is -2.59. The number of H-pyrrole nitrogens is 1. The number of halogens is 2. The van der Waals surface area contributed by atoms with Gasteiger partial charge in [-0.3, -0.25) is 0 Å². The molecule has 0 aliphatic rings. The SMILES string of the molecule is COc1ccc(/C=N\n2c(C(F)F)n[nH]c2=S)cc1CSc1ccccn1. The summed E-state index contributed by atoms with van der Waals surface area (Å²) in [5.74, 6) is 0.828. The Morgan fingerprint density at radius 3 is 2.93 bits per heavy atom. The minimum atomic E-state index is -2.78. The van der Waals surface area contributed by atoms with Crippen molar-refractivity contribution < 1.29 is 13.5 Å². The number of rotatable bonds is 7. The van der Waals surface area contributed by atoms with Crippen LogP contribution in [0.25, 0.3) is 0 Å². The van der Waals surface area contributed by atoms with Gasteiger partial charge in [0.1, 0.15) is 5.75 Å². The van der Waals surface area contributed by atoms with Gasteiger partial charge in [0.2, 0.25) is 10.6 Å². The lowest BCUT2D eigenvalue weighted by molar-refractivity contribution is 0.136. The third-order valence-corrected chi connectivity index (χ3v) is 4.77. The number of aromatic amines is 1. The average Bonchev–Trinajstić information content (AvgIpc) is 3.06. The lowest BCUT2D eigenvalue weighted by Crippen LogP contribution is -2.00. The molecule has 0 radical (unpaired) electrons. The minimum absolute atomic E-state index is 0.000919. The number of hydrogen-bond donors (Lipinski definition) is 1. The molecule has 0 aliphatic carbocycles. The fraction of sp³-hybridized carbons (Fsp3) is 0.176. The predicted molar refractivity (Wildman–Crippen MR) is 102 cm³/mol. The highest BCUT2D eigenvalue weighted by molar-refractivity contribution is 7.98. The normalized spacial score (nSPS) is 11.4. The van der Waals surface area contributed by atoms with E-state index in [-0.39, 0.29) is 4.77 Å². The highest BCUT2D eigenvalue weighted by Gasteiger charge is 2.16. The maximum absolute atomic E-state index is 12.9. The third kappa shape index (κ3) is 4.77. The van der Waals surface area contributed by atoms with Gasteiger partial charge < -0.3 is 4.74 Å². The van der Waals surface area contributed by atoms with E-state index in [1.165, 1.54) is 6.21 Å². The summed E-state index contributed by atoms with van der Waals surface area (Å²) in [5.41, 5.74) is 1.65. The van der Waals surface area contributed by atoms with Crippen LogP contribution in [0.1, 0.15) is 23.4 Å². The van der Waals surface area contributed by atoms with Crippen molar-refractivity contribution in [1.82, 2.24) is 19.9 Å². The summed E-state index contributed by atoms with van der Waals surface area (Å²) in [5, 5.41) is 10.7. The fourth-order valence-corrected chi connectivity index (χ4v) is 3.28. The molecular weight excluding hydrogens is 392 g/mol. The van der Waals surface area contributed by atoms with Crippen LogP contribution >= 0.6 is 24.0 Å². The van der Waals surface area contributed by atoms with E-state index in [0.29, 0.717) is 5.75 Å². The zero-order valence-electron chi connectivity index (χ0n) is 14.2. The van der Waals surface area contributed by atoms with E-state index in [1.54, 1.807) is 37.2 Å². The van der Waals surface area contributed by atoms with E-state index < -0.39 is 12.2 Å². The first-order valence-corrected chi connectivity index (χ1v) is 9.18. The Morgan fingerprint density at radius 1 is 1.37 bits per heavy atom. The van der Waals surface area contributed by atoms with E-state index in [2.05, 4.69) is 20.3 Å². The molecule has 0 unspecified atom stereocenters. The number of pyridine rings is 1. The standard InChI is InChI=1S/C17H15F2N5OS2/c1-25-13-6-5-11(8-12(13)10-27-14-4-2-3-7-20-14)9-21-24-16(15(18)19)22-23-17(24)26/h2-9,15H,10H2,1H3,(H,23,26)/b21-9-. The summed E-state index contributed by atoms with van der Waals surface area (Å²) in [6, 6.07) is 11.2. The predicted octanol–water partition coefficient (Wildman–Crippen LogP) is 4.46. The summed E-state index contributed by atoms with van der Waals surface area (Å²) in [4.78, 5) is 4.28. The lowest BCUT2D eigenvalue weighted by Gasteiger charge is -2.09. The van der Waals surface area contributed by atoms with Crippen LogP contribution in [0.5, 0.6) is 5.75 Å². The molecule has 1 N–H and O–H groups in total. The summed E-state index contributed by atoms with van der Waals surface area (Å²) in [7, 11) is 1.59. The number of hydrogen-bond acceptors (Lipinski definition) is 6. The largest absolute Gasteiger partial charge is 0.496 e. The van der Waals surface area contributed by atoms with Crippen LogP contribution in [0.2, 0.25) is 0 Å². The number of methoxy groups -OCH3 is 1. The number of thioether (sulfide) groups is 1. The van der Waals surface area contributed by atoms with Gasteiger partial charge in [-0.15, -0.1) is 11.8 Å². The van der Waals surface area contributed by atoms with Gasteiger partial charge in [0.15, 0.2) is 0 Å². The van der Waals surface area contributed by atoms with Gasteiger partial charge in [0.05, 0.1) is 18.4 Å². The first kappa shape index (κ1) is 19.2. The Kier molecular flexibility index (Phi) is 6.30. The summed E-state index contributed by atoms with van der Waals surface area (Å²) in [6.45, 7) is 0. The number of nitrogens with zero attached hydrogens (tertiary/aromatic N) is 4. The maximum atomic E-state index is 12.9. The van der Waals surface area contributed by atoms with Crippen LogP contribution in [0.3, 0.4) is 0 Å². The van der Waals surface area contributed by atoms with Gasteiger partial charge in [0, 0.05) is 17.5 Å². The van der Waals surface area contributed by atoms with Gasteiger partial charge in [-0.1, -0.05) is 6.07 Å². The van der Waals surface area contributed by atoms with Gasteiger partial charge in [-0.2, -0.15) is 14.9 Å². The van der Waals surface area contributed by atoms with E-state index in [4.69, 9.17) is 17.0 Å². The Morgan fingerprint density at radius 2 is 2.22 bits per heavy atom. The lowest BCUT2D eigenvalue weighted by atomic mass is 10.1. The Balaban J connectivity index is 1.83. The molecule has 2 heterocycles. The smallest absolute Gasteiger partial charge is 0.299 e. The molecule has 27 heavy (non-hydrogen) atoms. The van der Waals surface area contributed by atoms with Crippen molar-refractivity contribution in [3.63, 3.8) is 0 Å². The van der Waals surface area contributed by atoms with Crippen LogP contribution in [0.4, 0.5) is 8.78 Å². The van der Waals surface area contributed by atoms with Crippen LogP contribution in [0, 0.1) is 4.77 Å². The molecular formula is C17H15F2N5OS2. The Labute approximate surface area is 163 Å². The molecule has 0 atom stereocenters. The fourth-order valence-electron chi connectivity index (χ4n) is 2.26. The van der Waals surface area contributed by atoms with Crippen molar-refractivity contribution in [3.05, 3.63) is 64.3 Å². The molecule has 0 aliphatic heterocycles. The van der Waals surface area contributed by atoms with Gasteiger partial charge in [-0.05, 0) is 48.1 Å². The van der Waals surface area contributed by atoms with Crippen LogP contribution in [-0.2, 0) is 5.75 Å². The molecule has 0 spiro atoms. The van der Waals surface area contributed by atoms with Crippen molar-refractivity contribution in [2.45, 2.75) is 17.2 Å². The van der Waals surface area contributed by atoms with Gasteiger partial charge in [-0.25, -0.2) is 18.9 Å². The first-order valence-electron chi connectivity index (χ1n) is 7.79. The van der Waals surface area contributed by atoms with Crippen molar-refractivity contribution in [2.24, 2.45) is 5.10 Å². The van der Waals surface area contributed by atoms with Crippen molar-refractivity contribution in [2.75, 3.05) is 7.11 Å². The van der Waals surface area contributed by atoms with Crippen molar-refractivity contribution in [3.8, 4) is 5.75 Å². The number of alkyl halides is 2. The minimum Gasteiger partial charge on any atom is -0.496 e. The van der Waals surface area contributed by atoms with E-state index in [0.717, 1.165) is 26.6 Å². The number of benzene rings is 1. The third-order valence-electron chi connectivity index (χ3n) is 3.51. The second-order valence-corrected chi connectivity index (χ2v) is 6.65. The molecule has 3 rings (SSSR count). The van der Waals surface area contributed by atoms with Crippen LogP contribution in [-0.4, -0.2) is 33.2 Å². The highest BCUT2D eigenvalue weighted by atomic mass is 32.2. The number of nitrogens with one attached hydrogen (secondary N) is 1. The number of ether oxygens (including phenoxy) is 1. The molecule has 10 heteroatoms. The highest BCUT2D eigenvalue weighted by Crippen LogP contribution is 2.27. The van der Waals surface area contributed by atoms with E-state index >= 15 is 0 Å². The molecule has 3 aromatic rings. The number of aromatic nitrogens is 4. The summed E-state index contributed by atoms with van der Waals surface area (Å²) < 4.78 is 32.2. The van der Waals surface area contributed by atoms with Crippen LogP contribution < -0.4 is 4.74 Å². The van der Waals surface area contributed by atoms with E-state index in [1.807, 2.05) is 24.3 Å². The Bertz CT molecular complexity index is 988. The molecule has 0 bridgehead atoms. The monoisotopic (exact) mass is 407 g/mol. The molecule has 0 amide bonds. The quantitative estimate of drug-likeness (QED) is 0.356. The summed E-state index contributed by atoms with van der Waals surface area (Å²) >= 11 is 6.50. The second-order valence-electron chi connectivity index (χ2n) is 5.27. The zero-order chi connectivity index (χ0) is 19.2. The van der Waals surface area contributed by atoms with Gasteiger partial charge in [0.25, 0.3) is 6.43 Å². The maximum Gasteiger partial charge on any atom is 0.299 e. The molecule has 0 fully saturated rings. The van der Waals surface area contributed by atoms with Crippen LogP contribution in [0.15, 0.2) is 52.7 Å². The second kappa shape index (κ2) is 8.87. The molecule has 2 aromatic heterocycles. The van der Waals surface area contributed by atoms with E-state index in [9.17, 15) is 8.78 Å². The van der Waals surface area contributed by atoms with Gasteiger partial charge >= 0.3 is 0 Å². The average molecular weight is 407 g/mol. The molecule has 140 valence electrons. The topological polar surface area (TPSA) is 68.1 Å². The molecule has 1 aromatic carbocycles. The molecule has 0 saturated heterocycles. The first-order chi connectivity index (χ1) is 13.1. The molecule has 0 saturated carbocycles.